The first-order valence-corrected chi connectivity index (χ1v) is 8.89. The third-order valence-corrected chi connectivity index (χ3v) is 4.85. The molecule has 0 unspecified atom stereocenters. The summed E-state index contributed by atoms with van der Waals surface area (Å²) >= 11 is 0. The van der Waals surface area contributed by atoms with Crippen molar-refractivity contribution in [2.75, 3.05) is 0 Å². The number of sulfonamides is 1. The topological polar surface area (TPSA) is 120 Å². The van der Waals surface area contributed by atoms with Gasteiger partial charge in [0.05, 0.1) is 17.6 Å². The fourth-order valence-corrected chi connectivity index (χ4v) is 3.16. The van der Waals surface area contributed by atoms with Gasteiger partial charge in [0, 0.05) is 5.56 Å². The van der Waals surface area contributed by atoms with Gasteiger partial charge in [-0.1, -0.05) is 29.5 Å². The molecular formula is C16H14FN5O3S. The molecule has 0 fully saturated rings. The average Bonchev–Trinajstić information content (AvgIpc) is 3.04. The fraction of sp³-hybridized carbons (Fsp3) is 0.0625. The summed E-state index contributed by atoms with van der Waals surface area (Å²) in [5.41, 5.74) is 6.89. The monoisotopic (exact) mass is 375 g/mol. The molecule has 3 aromatic rings. The van der Waals surface area contributed by atoms with E-state index < -0.39 is 16.1 Å². The zero-order chi connectivity index (χ0) is 18.7. The van der Waals surface area contributed by atoms with E-state index >= 15 is 0 Å². The van der Waals surface area contributed by atoms with Gasteiger partial charge in [0.25, 0.3) is 10.0 Å². The number of halogens is 1. The summed E-state index contributed by atoms with van der Waals surface area (Å²) in [5, 5.41) is 8.04. The van der Waals surface area contributed by atoms with Crippen molar-refractivity contribution in [3.63, 3.8) is 0 Å². The lowest BCUT2D eigenvalue weighted by Gasteiger charge is -2.04. The number of rotatable bonds is 5. The number of hydrogen-bond acceptors (Lipinski definition) is 5. The number of carbonyl (C=O) groups excluding carboxylic acids is 1. The van der Waals surface area contributed by atoms with Crippen LogP contribution in [0.4, 0.5) is 9.18 Å². The maximum Gasteiger partial charge on any atom is 0.326 e. The van der Waals surface area contributed by atoms with Crippen molar-refractivity contribution in [2.24, 2.45) is 5.73 Å². The molecule has 0 spiro atoms. The number of nitrogens with two attached hydrogens (primary N) is 1. The van der Waals surface area contributed by atoms with Gasteiger partial charge in [0.2, 0.25) is 0 Å². The smallest absolute Gasteiger partial charge is 0.326 e. The SMILES string of the molecule is NC(=O)NS(=O)(=O)c1ccc(-c2cn(Cc3ccc(F)cc3)nn2)cc1. The van der Waals surface area contributed by atoms with Crippen molar-refractivity contribution in [3.8, 4) is 11.3 Å². The van der Waals surface area contributed by atoms with Crippen LogP contribution >= 0.6 is 0 Å². The molecule has 134 valence electrons. The Kier molecular flexibility index (Phi) is 4.67. The number of nitrogens with one attached hydrogen (secondary N) is 1. The van der Waals surface area contributed by atoms with Gasteiger partial charge < -0.3 is 5.73 Å². The van der Waals surface area contributed by atoms with Gasteiger partial charge in [-0.15, -0.1) is 5.10 Å². The first kappa shape index (κ1) is 17.5. The van der Waals surface area contributed by atoms with Crippen molar-refractivity contribution in [2.45, 2.75) is 11.4 Å². The Bertz CT molecular complexity index is 1030. The van der Waals surface area contributed by atoms with Gasteiger partial charge in [-0.3, -0.25) is 0 Å². The van der Waals surface area contributed by atoms with Gasteiger partial charge >= 0.3 is 6.03 Å². The van der Waals surface area contributed by atoms with Crippen LogP contribution in [0.3, 0.4) is 0 Å². The van der Waals surface area contributed by atoms with Gasteiger partial charge in [-0.2, -0.15) is 0 Å². The molecule has 0 atom stereocenters. The van der Waals surface area contributed by atoms with Crippen LogP contribution in [0.15, 0.2) is 59.6 Å². The van der Waals surface area contributed by atoms with Crippen LogP contribution in [0.5, 0.6) is 0 Å². The predicted molar refractivity (Wildman–Crippen MR) is 90.9 cm³/mol. The first-order chi connectivity index (χ1) is 12.3. The molecule has 3 N–H and O–H groups in total. The predicted octanol–water partition coefficient (Wildman–Crippen LogP) is 1.49. The van der Waals surface area contributed by atoms with E-state index in [1.54, 1.807) is 39.9 Å². The molecule has 0 aliphatic rings. The summed E-state index contributed by atoms with van der Waals surface area (Å²) in [7, 11) is -3.99. The summed E-state index contributed by atoms with van der Waals surface area (Å²) in [5.74, 6) is -0.311. The molecule has 2 aromatic carbocycles. The third-order valence-electron chi connectivity index (χ3n) is 3.49. The third kappa shape index (κ3) is 4.03. The minimum atomic E-state index is -3.99. The Morgan fingerprint density at radius 3 is 2.38 bits per heavy atom. The van der Waals surface area contributed by atoms with E-state index in [0.29, 0.717) is 17.8 Å². The zero-order valence-corrected chi connectivity index (χ0v) is 14.1. The maximum atomic E-state index is 12.9. The second-order valence-electron chi connectivity index (χ2n) is 5.42. The number of urea groups is 1. The second-order valence-corrected chi connectivity index (χ2v) is 7.10. The molecule has 0 aliphatic carbocycles. The Balaban J connectivity index is 1.77. The van der Waals surface area contributed by atoms with Gasteiger partial charge in [-0.05, 0) is 29.8 Å². The molecule has 26 heavy (non-hydrogen) atoms. The van der Waals surface area contributed by atoms with Crippen molar-refractivity contribution in [1.82, 2.24) is 19.7 Å². The number of hydrogen-bond donors (Lipinski definition) is 2. The Hall–Kier alpha value is -3.27. The molecule has 10 heteroatoms. The van der Waals surface area contributed by atoms with E-state index in [0.717, 1.165) is 5.56 Å². The van der Waals surface area contributed by atoms with Crippen LogP contribution in [0.25, 0.3) is 11.3 Å². The van der Waals surface area contributed by atoms with Crippen molar-refractivity contribution >= 4 is 16.1 Å². The summed E-state index contributed by atoms with van der Waals surface area (Å²) in [6.45, 7) is 0.419. The van der Waals surface area contributed by atoms with E-state index in [1.165, 1.54) is 24.3 Å². The zero-order valence-electron chi connectivity index (χ0n) is 13.3. The molecular weight excluding hydrogens is 361 g/mol. The summed E-state index contributed by atoms with van der Waals surface area (Å²) in [6, 6.07) is 10.6. The van der Waals surface area contributed by atoms with Crippen LogP contribution in [-0.4, -0.2) is 29.4 Å². The number of benzene rings is 2. The molecule has 0 bridgehead atoms. The van der Waals surface area contributed by atoms with Crippen molar-refractivity contribution in [3.05, 3.63) is 66.1 Å². The van der Waals surface area contributed by atoms with E-state index in [4.69, 9.17) is 5.73 Å². The number of nitrogens with zero attached hydrogens (tertiary/aromatic N) is 3. The largest absolute Gasteiger partial charge is 0.351 e. The highest BCUT2D eigenvalue weighted by Crippen LogP contribution is 2.19. The molecule has 1 heterocycles. The van der Waals surface area contributed by atoms with Crippen LogP contribution in [0.2, 0.25) is 0 Å². The molecule has 3 rings (SSSR count). The Morgan fingerprint density at radius 2 is 1.77 bits per heavy atom. The molecule has 8 nitrogen and oxygen atoms in total. The summed E-state index contributed by atoms with van der Waals surface area (Å²) < 4.78 is 39.9. The van der Waals surface area contributed by atoms with E-state index in [9.17, 15) is 17.6 Å². The maximum absolute atomic E-state index is 12.9. The Morgan fingerprint density at radius 1 is 1.12 bits per heavy atom. The highest BCUT2D eigenvalue weighted by Gasteiger charge is 2.16. The highest BCUT2D eigenvalue weighted by atomic mass is 32.2. The first-order valence-electron chi connectivity index (χ1n) is 7.41. The lowest BCUT2D eigenvalue weighted by molar-refractivity contribution is 0.253. The van der Waals surface area contributed by atoms with Crippen molar-refractivity contribution in [1.29, 1.82) is 0 Å². The summed E-state index contributed by atoms with van der Waals surface area (Å²) in [6.07, 6.45) is 1.69. The normalized spacial score (nSPS) is 11.3. The average molecular weight is 375 g/mol. The minimum Gasteiger partial charge on any atom is -0.351 e. The second kappa shape index (κ2) is 6.92. The van der Waals surface area contributed by atoms with Crippen LogP contribution in [0.1, 0.15) is 5.56 Å². The number of primary amides is 1. The molecule has 2 amide bonds. The fourth-order valence-electron chi connectivity index (χ4n) is 2.28. The number of amides is 2. The number of carbonyl (C=O) groups is 1. The highest BCUT2D eigenvalue weighted by molar-refractivity contribution is 7.90. The molecule has 0 radical (unpaired) electrons. The summed E-state index contributed by atoms with van der Waals surface area (Å²) in [4.78, 5) is 10.6. The van der Waals surface area contributed by atoms with E-state index in [1.807, 2.05) is 0 Å². The molecule has 0 saturated carbocycles. The Labute approximate surface area is 148 Å². The van der Waals surface area contributed by atoms with E-state index in [-0.39, 0.29) is 10.7 Å². The lowest BCUT2D eigenvalue weighted by atomic mass is 10.2. The van der Waals surface area contributed by atoms with Gasteiger partial charge in [0.15, 0.2) is 0 Å². The quantitative estimate of drug-likeness (QED) is 0.700. The molecule has 0 saturated heterocycles. The van der Waals surface area contributed by atoms with E-state index in [2.05, 4.69) is 10.3 Å². The van der Waals surface area contributed by atoms with Crippen LogP contribution in [-0.2, 0) is 16.6 Å². The van der Waals surface area contributed by atoms with Crippen LogP contribution < -0.4 is 10.5 Å². The molecule has 1 aromatic heterocycles. The van der Waals surface area contributed by atoms with Crippen LogP contribution in [0, 0.1) is 5.82 Å². The standard InChI is InChI=1S/C16H14FN5O3S/c17-13-5-1-11(2-6-13)9-22-10-15(19-21-22)12-3-7-14(8-4-12)26(24,25)20-16(18)23/h1-8,10H,9H2,(H3,18,20,23). The minimum absolute atomic E-state index is 0.0984. The van der Waals surface area contributed by atoms with Crippen molar-refractivity contribution < 1.29 is 17.6 Å². The lowest BCUT2D eigenvalue weighted by Crippen LogP contribution is -2.34. The van der Waals surface area contributed by atoms with Gasteiger partial charge in [-0.25, -0.2) is 27.0 Å². The number of aromatic nitrogens is 3. The van der Waals surface area contributed by atoms with Gasteiger partial charge in [0.1, 0.15) is 11.5 Å². The molecule has 0 aliphatic heterocycles.